The first-order valence-corrected chi connectivity index (χ1v) is 9.41. The van der Waals surface area contributed by atoms with Gasteiger partial charge in [-0.25, -0.2) is 14.7 Å². The molecule has 2 amide bonds. The van der Waals surface area contributed by atoms with Crippen LogP contribution >= 0.6 is 0 Å². The number of rotatable bonds is 4. The predicted octanol–water partition coefficient (Wildman–Crippen LogP) is 1.33. The average molecular weight is 433 g/mol. The maximum absolute atomic E-state index is 13.0. The van der Waals surface area contributed by atoms with Crippen molar-refractivity contribution in [3.05, 3.63) is 41.7 Å². The van der Waals surface area contributed by atoms with Crippen molar-refractivity contribution in [3.63, 3.8) is 0 Å². The fourth-order valence-corrected chi connectivity index (χ4v) is 3.32. The number of amidine groups is 1. The summed E-state index contributed by atoms with van der Waals surface area (Å²) in [5.41, 5.74) is 2.34. The third kappa shape index (κ3) is 4.42. The van der Waals surface area contributed by atoms with E-state index in [-0.39, 0.29) is 17.3 Å². The van der Waals surface area contributed by atoms with Gasteiger partial charge < -0.3 is 4.90 Å². The highest BCUT2D eigenvalue weighted by Gasteiger charge is 2.33. The van der Waals surface area contributed by atoms with Gasteiger partial charge in [-0.2, -0.15) is 13.2 Å². The number of nitrogens with one attached hydrogen (secondary N) is 1. The van der Waals surface area contributed by atoms with E-state index >= 15 is 0 Å². The summed E-state index contributed by atoms with van der Waals surface area (Å²) in [6.45, 7) is 3.72. The van der Waals surface area contributed by atoms with Crippen LogP contribution in [-0.4, -0.2) is 68.5 Å². The summed E-state index contributed by atoms with van der Waals surface area (Å²) < 4.78 is 40.3. The molecule has 9 nitrogen and oxygen atoms in total. The van der Waals surface area contributed by atoms with Gasteiger partial charge in [-0.1, -0.05) is 0 Å². The number of aryl methyl sites for hydroxylation is 1. The lowest BCUT2D eigenvalue weighted by Gasteiger charge is -2.32. The van der Waals surface area contributed by atoms with E-state index in [1.165, 1.54) is 22.2 Å². The summed E-state index contributed by atoms with van der Waals surface area (Å²) in [6, 6.07) is 3.56. The zero-order chi connectivity index (χ0) is 22.2. The summed E-state index contributed by atoms with van der Waals surface area (Å²) in [5.74, 6) is -0.501. The SMILES string of the molecule is Cc1cc(-c2ncn(/C=C\C(=O)NN3CCN4CCN=C4C3=O)n2)cc(C(F)(F)F)c1. The molecular weight excluding hydrogens is 415 g/mol. The van der Waals surface area contributed by atoms with Gasteiger partial charge in [-0.05, 0) is 30.7 Å². The Morgan fingerprint density at radius 2 is 2.00 bits per heavy atom. The number of carbonyl (C=O) groups excluding carboxylic acids is 2. The van der Waals surface area contributed by atoms with Gasteiger partial charge >= 0.3 is 12.1 Å². The van der Waals surface area contributed by atoms with Crippen molar-refractivity contribution in [2.24, 2.45) is 4.99 Å². The molecule has 162 valence electrons. The number of alkyl halides is 3. The van der Waals surface area contributed by atoms with Crippen molar-refractivity contribution < 1.29 is 22.8 Å². The first-order valence-electron chi connectivity index (χ1n) is 9.41. The Morgan fingerprint density at radius 3 is 2.77 bits per heavy atom. The van der Waals surface area contributed by atoms with Crippen LogP contribution in [0.5, 0.6) is 0 Å². The second kappa shape index (κ2) is 7.85. The van der Waals surface area contributed by atoms with Crippen molar-refractivity contribution >= 4 is 23.8 Å². The average Bonchev–Trinajstić information content (AvgIpc) is 3.37. The minimum absolute atomic E-state index is 0.0878. The number of aromatic nitrogens is 3. The number of nitrogens with zero attached hydrogens (tertiary/aromatic N) is 6. The van der Waals surface area contributed by atoms with Gasteiger partial charge in [0, 0.05) is 30.9 Å². The van der Waals surface area contributed by atoms with Crippen LogP contribution in [0, 0.1) is 6.92 Å². The Balaban J connectivity index is 1.43. The van der Waals surface area contributed by atoms with Gasteiger partial charge in [0.1, 0.15) is 6.33 Å². The molecule has 4 rings (SSSR count). The van der Waals surface area contributed by atoms with Crippen LogP contribution in [0.4, 0.5) is 13.2 Å². The number of carbonyl (C=O) groups is 2. The van der Waals surface area contributed by atoms with Gasteiger partial charge in [0.25, 0.3) is 5.91 Å². The second-order valence-corrected chi connectivity index (χ2v) is 7.07. The molecule has 2 aliphatic rings. The van der Waals surface area contributed by atoms with Crippen molar-refractivity contribution in [1.82, 2.24) is 30.1 Å². The summed E-state index contributed by atoms with van der Waals surface area (Å²) in [4.78, 5) is 34.5. The number of benzene rings is 1. The first kappa shape index (κ1) is 20.6. The number of hydrogen-bond donors (Lipinski definition) is 1. The molecule has 0 aliphatic carbocycles. The van der Waals surface area contributed by atoms with E-state index in [9.17, 15) is 22.8 Å². The topological polar surface area (TPSA) is 95.7 Å². The molecule has 0 radical (unpaired) electrons. The lowest BCUT2D eigenvalue weighted by Crippen LogP contribution is -2.58. The van der Waals surface area contributed by atoms with E-state index in [2.05, 4.69) is 20.5 Å². The second-order valence-electron chi connectivity index (χ2n) is 7.07. The van der Waals surface area contributed by atoms with Gasteiger partial charge in [0.05, 0.1) is 18.7 Å². The van der Waals surface area contributed by atoms with Crippen molar-refractivity contribution in [1.29, 1.82) is 0 Å². The van der Waals surface area contributed by atoms with Crippen molar-refractivity contribution in [2.75, 3.05) is 26.2 Å². The molecule has 3 heterocycles. The van der Waals surface area contributed by atoms with Crippen LogP contribution in [0.2, 0.25) is 0 Å². The molecule has 2 aliphatic heterocycles. The van der Waals surface area contributed by atoms with Crippen LogP contribution in [-0.2, 0) is 15.8 Å². The number of aliphatic imine (C=N–C) groups is 1. The molecule has 0 saturated carbocycles. The van der Waals surface area contributed by atoms with Gasteiger partial charge in [0.15, 0.2) is 11.7 Å². The lowest BCUT2D eigenvalue weighted by atomic mass is 10.1. The van der Waals surface area contributed by atoms with E-state index < -0.39 is 17.6 Å². The third-order valence-electron chi connectivity index (χ3n) is 4.76. The number of fused-ring (bicyclic) bond motifs is 1. The molecule has 1 aromatic heterocycles. The molecule has 0 atom stereocenters. The summed E-state index contributed by atoms with van der Waals surface area (Å²) in [6.07, 6.45) is -0.772. The Kier molecular flexibility index (Phi) is 5.21. The molecule has 1 saturated heterocycles. The van der Waals surface area contributed by atoms with Crippen molar-refractivity contribution in [3.8, 4) is 11.4 Å². The highest BCUT2D eigenvalue weighted by Crippen LogP contribution is 2.32. The number of hydrazine groups is 1. The quantitative estimate of drug-likeness (QED) is 0.734. The van der Waals surface area contributed by atoms with Gasteiger partial charge in [-0.15, -0.1) is 5.10 Å². The zero-order valence-electron chi connectivity index (χ0n) is 16.4. The van der Waals surface area contributed by atoms with Crippen LogP contribution in [0.3, 0.4) is 0 Å². The normalized spacial score (nSPS) is 16.6. The number of halogens is 3. The van der Waals surface area contributed by atoms with Gasteiger partial charge in [-0.3, -0.25) is 20.0 Å². The smallest absolute Gasteiger partial charge is 0.349 e. The summed E-state index contributed by atoms with van der Waals surface area (Å²) in [7, 11) is 0. The number of amides is 2. The fraction of sp³-hybridized carbons (Fsp3) is 0.316. The lowest BCUT2D eigenvalue weighted by molar-refractivity contribution is -0.137. The molecule has 1 N–H and O–H groups in total. The third-order valence-corrected chi connectivity index (χ3v) is 4.76. The van der Waals surface area contributed by atoms with Crippen molar-refractivity contribution in [2.45, 2.75) is 13.1 Å². The van der Waals surface area contributed by atoms with Gasteiger partial charge in [0.2, 0.25) is 0 Å². The molecule has 0 spiro atoms. The largest absolute Gasteiger partial charge is 0.416 e. The van der Waals surface area contributed by atoms with Crippen LogP contribution in [0.25, 0.3) is 17.6 Å². The molecule has 2 aromatic rings. The maximum atomic E-state index is 13.0. The Bertz CT molecular complexity index is 1090. The number of hydrogen-bond acceptors (Lipinski definition) is 6. The highest BCUT2D eigenvalue weighted by molar-refractivity contribution is 6.38. The molecular formula is C19H18F3N7O2. The molecule has 0 unspecified atom stereocenters. The van der Waals surface area contributed by atoms with Crippen LogP contribution in [0.15, 0.2) is 35.6 Å². The van der Waals surface area contributed by atoms with Crippen LogP contribution in [0.1, 0.15) is 11.1 Å². The van der Waals surface area contributed by atoms with E-state index in [0.717, 1.165) is 18.2 Å². The minimum atomic E-state index is -4.48. The zero-order valence-corrected chi connectivity index (χ0v) is 16.4. The molecule has 31 heavy (non-hydrogen) atoms. The predicted molar refractivity (Wildman–Crippen MR) is 104 cm³/mol. The van der Waals surface area contributed by atoms with E-state index in [0.29, 0.717) is 37.6 Å². The maximum Gasteiger partial charge on any atom is 0.416 e. The fourth-order valence-electron chi connectivity index (χ4n) is 3.32. The van der Waals surface area contributed by atoms with E-state index in [1.54, 1.807) is 13.0 Å². The standard InChI is InChI=1S/C19H18F3N7O2/c1-12-8-13(10-14(9-12)19(20,21)22)16-24-11-28(26-16)4-2-15(30)25-29-7-6-27-5-3-23-17(27)18(29)31/h2,4,8-11H,3,5-7H2,1H3,(H,25,30)/b4-2-. The molecule has 1 fully saturated rings. The Labute approximate surface area is 174 Å². The summed E-state index contributed by atoms with van der Waals surface area (Å²) >= 11 is 0. The Hall–Kier alpha value is -3.70. The van der Waals surface area contributed by atoms with Crippen LogP contribution < -0.4 is 5.43 Å². The highest BCUT2D eigenvalue weighted by atomic mass is 19.4. The Morgan fingerprint density at radius 1 is 1.19 bits per heavy atom. The van der Waals surface area contributed by atoms with E-state index in [1.807, 2.05) is 4.90 Å². The number of piperazine rings is 1. The monoisotopic (exact) mass is 433 g/mol. The first-order chi connectivity index (χ1) is 14.7. The molecule has 1 aromatic carbocycles. The van der Waals surface area contributed by atoms with E-state index in [4.69, 9.17) is 0 Å². The minimum Gasteiger partial charge on any atom is -0.349 e. The molecule has 12 heteroatoms. The summed E-state index contributed by atoms with van der Waals surface area (Å²) in [5, 5.41) is 5.29. The molecule has 0 bridgehead atoms.